The van der Waals surface area contributed by atoms with Gasteiger partial charge in [-0.2, -0.15) is 28.3 Å². The number of hydrogen-bond acceptors (Lipinski definition) is 0. The van der Waals surface area contributed by atoms with Crippen molar-refractivity contribution in [3.63, 3.8) is 0 Å². The van der Waals surface area contributed by atoms with E-state index in [1.165, 1.54) is 55.3 Å². The maximum absolute atomic E-state index is 2.33. The van der Waals surface area contributed by atoms with Gasteiger partial charge in [0.2, 0.25) is 0 Å². The van der Waals surface area contributed by atoms with E-state index < -0.39 is 0 Å². The second kappa shape index (κ2) is 11.3. The molecule has 1 aromatic heterocycles. The molecule has 0 aliphatic carbocycles. The number of halogens is 2. The molecule has 5 aromatic rings. The fourth-order valence-electron chi connectivity index (χ4n) is 4.03. The molecule has 4 aromatic carbocycles. The van der Waals surface area contributed by atoms with E-state index in [0.717, 1.165) is 0 Å². The van der Waals surface area contributed by atoms with E-state index in [-0.39, 0.29) is 50.7 Å². The van der Waals surface area contributed by atoms with Crippen molar-refractivity contribution >= 4 is 21.7 Å². The van der Waals surface area contributed by atoms with Crippen LogP contribution in [0.3, 0.4) is 0 Å². The first-order valence-corrected chi connectivity index (χ1v) is 9.88. The van der Waals surface area contributed by atoms with Gasteiger partial charge in [0.05, 0.1) is 5.52 Å². The monoisotopic (exact) mass is 615 g/mol. The first kappa shape index (κ1) is 27.4. The van der Waals surface area contributed by atoms with Crippen LogP contribution in [0.1, 0.15) is 27.9 Å². The van der Waals surface area contributed by atoms with Crippen molar-refractivity contribution in [3.8, 4) is 5.69 Å². The van der Waals surface area contributed by atoms with Gasteiger partial charge in [0.1, 0.15) is 0 Å². The maximum atomic E-state index is 2.33. The third-order valence-corrected chi connectivity index (χ3v) is 5.93. The van der Waals surface area contributed by atoms with Crippen molar-refractivity contribution in [2.24, 2.45) is 0 Å². The summed E-state index contributed by atoms with van der Waals surface area (Å²) >= 11 is 0. The van der Waals surface area contributed by atoms with Gasteiger partial charge in [-0.25, -0.2) is 0 Å². The molecule has 0 saturated heterocycles. The number of aryl methyl sites for hydroxylation is 3. The standard InChI is InChI=1S/C18H14N.C9H13.2ClH.Hf/c1-13-10-16-8-4-5-9-18(16)19(13)17-11-14-6-2-3-7-15(14)12-17;1-6-5-7(2)9(4)8(6)3;;;/h2-12H,1H3;5H,1-4H3;2*1H;/q2*-1;;;+4/p-2. The Balaban J connectivity index is 0.000000348. The molecule has 1 heterocycles. The predicted octanol–water partition coefficient (Wildman–Crippen LogP) is 1.46. The molecule has 0 aliphatic heterocycles. The second-order valence-electron chi connectivity index (χ2n) is 7.78. The van der Waals surface area contributed by atoms with Crippen LogP contribution in [0.25, 0.3) is 27.4 Å². The Labute approximate surface area is 216 Å². The van der Waals surface area contributed by atoms with Gasteiger partial charge in [0, 0.05) is 11.1 Å². The van der Waals surface area contributed by atoms with E-state index in [1.54, 1.807) is 0 Å². The fraction of sp³-hybridized carbons (Fsp3) is 0.185. The molecule has 0 spiro atoms. The third-order valence-electron chi connectivity index (χ3n) is 5.93. The quantitative estimate of drug-likeness (QED) is 0.199. The molecule has 0 aliphatic rings. The molecule has 0 bridgehead atoms. The largest absolute Gasteiger partial charge is 4.00 e. The molecule has 0 fully saturated rings. The van der Waals surface area contributed by atoms with Crippen LogP contribution in [-0.2, 0) is 25.8 Å². The van der Waals surface area contributed by atoms with E-state index in [4.69, 9.17) is 0 Å². The molecule has 5 rings (SSSR count). The summed E-state index contributed by atoms with van der Waals surface area (Å²) in [7, 11) is 0. The van der Waals surface area contributed by atoms with Gasteiger partial charge in [-0.05, 0) is 24.7 Å². The normalized spacial score (nSPS) is 9.97. The summed E-state index contributed by atoms with van der Waals surface area (Å²) < 4.78 is 2.33. The van der Waals surface area contributed by atoms with Crippen molar-refractivity contribution in [2.45, 2.75) is 34.6 Å². The minimum absolute atomic E-state index is 0. The third kappa shape index (κ3) is 5.42. The van der Waals surface area contributed by atoms with Crippen LogP contribution in [0.15, 0.2) is 72.8 Å². The second-order valence-corrected chi connectivity index (χ2v) is 7.78. The summed E-state index contributed by atoms with van der Waals surface area (Å²) in [6.07, 6.45) is 0. The van der Waals surface area contributed by atoms with Gasteiger partial charge in [0.15, 0.2) is 0 Å². The average Bonchev–Trinajstić information content (AvgIpc) is 3.32. The van der Waals surface area contributed by atoms with Crippen LogP contribution in [0.2, 0.25) is 0 Å². The smallest absolute Gasteiger partial charge is 1.00 e. The summed E-state index contributed by atoms with van der Waals surface area (Å²) in [5.74, 6) is 0. The van der Waals surface area contributed by atoms with E-state index in [1.807, 2.05) is 0 Å². The molecule has 4 heteroatoms. The number of aromatic nitrogens is 1. The molecule has 158 valence electrons. The SMILES string of the molecule is Cc1c[c-](C)c(C)c1C.Cc1cc2ccccc2n1-c1cc2ccccc2[cH-]1.[Cl-].[Cl-].[Hf+4]. The summed E-state index contributed by atoms with van der Waals surface area (Å²) in [4.78, 5) is 0. The fourth-order valence-corrected chi connectivity index (χ4v) is 4.03. The van der Waals surface area contributed by atoms with Crippen molar-refractivity contribution < 1.29 is 50.7 Å². The molecule has 0 saturated carbocycles. The first-order chi connectivity index (χ1) is 13.5. The zero-order valence-electron chi connectivity index (χ0n) is 18.6. The van der Waals surface area contributed by atoms with Crippen LogP contribution < -0.4 is 24.8 Å². The van der Waals surface area contributed by atoms with Crippen LogP contribution in [0.4, 0.5) is 0 Å². The molecule has 0 amide bonds. The van der Waals surface area contributed by atoms with Gasteiger partial charge in [0.25, 0.3) is 0 Å². The number of benzene rings is 2. The molecular weight excluding hydrogens is 588 g/mol. The van der Waals surface area contributed by atoms with Crippen molar-refractivity contribution in [1.29, 1.82) is 0 Å². The van der Waals surface area contributed by atoms with Crippen molar-refractivity contribution in [2.75, 3.05) is 0 Å². The number of fused-ring (bicyclic) bond motifs is 2. The summed E-state index contributed by atoms with van der Waals surface area (Å²) in [5.41, 5.74) is 9.54. The van der Waals surface area contributed by atoms with Gasteiger partial charge >= 0.3 is 25.8 Å². The summed E-state index contributed by atoms with van der Waals surface area (Å²) in [5, 5.41) is 3.90. The number of para-hydroxylation sites is 1. The minimum Gasteiger partial charge on any atom is -1.00 e. The van der Waals surface area contributed by atoms with E-state index in [2.05, 4.69) is 112 Å². The molecular formula is C27H27Cl2HfN. The average molecular weight is 615 g/mol. The maximum Gasteiger partial charge on any atom is 4.00 e. The van der Waals surface area contributed by atoms with Gasteiger partial charge in [-0.15, -0.1) is 41.1 Å². The first-order valence-electron chi connectivity index (χ1n) is 9.88. The molecule has 1 nitrogen and oxygen atoms in total. The van der Waals surface area contributed by atoms with Crippen molar-refractivity contribution in [3.05, 3.63) is 101 Å². The number of nitrogens with zero attached hydrogens (tertiary/aromatic N) is 1. The Bertz CT molecular complexity index is 1220. The van der Waals surface area contributed by atoms with Gasteiger partial charge in [-0.3, -0.25) is 0 Å². The van der Waals surface area contributed by atoms with Crippen LogP contribution >= 0.6 is 0 Å². The van der Waals surface area contributed by atoms with Gasteiger partial charge < -0.3 is 29.4 Å². The molecule has 0 unspecified atom stereocenters. The molecule has 0 N–H and O–H groups in total. The van der Waals surface area contributed by atoms with Gasteiger partial charge in [-0.1, -0.05) is 52.0 Å². The Kier molecular flexibility index (Phi) is 10.0. The van der Waals surface area contributed by atoms with Crippen LogP contribution in [0.5, 0.6) is 0 Å². The molecule has 0 atom stereocenters. The number of hydrogen-bond donors (Lipinski definition) is 0. The Hall–Kier alpha value is -1.61. The number of rotatable bonds is 1. The van der Waals surface area contributed by atoms with E-state index in [0.29, 0.717) is 0 Å². The van der Waals surface area contributed by atoms with E-state index >= 15 is 0 Å². The molecule has 31 heavy (non-hydrogen) atoms. The molecule has 0 radical (unpaired) electrons. The van der Waals surface area contributed by atoms with Crippen LogP contribution in [-0.4, -0.2) is 4.57 Å². The summed E-state index contributed by atoms with van der Waals surface area (Å²) in [6.45, 7) is 10.8. The predicted molar refractivity (Wildman–Crippen MR) is 122 cm³/mol. The Morgan fingerprint density at radius 2 is 1.42 bits per heavy atom. The Morgan fingerprint density at radius 1 is 0.806 bits per heavy atom. The zero-order valence-corrected chi connectivity index (χ0v) is 23.7. The van der Waals surface area contributed by atoms with Crippen LogP contribution in [0, 0.1) is 34.6 Å². The zero-order chi connectivity index (χ0) is 19.8. The van der Waals surface area contributed by atoms with Crippen molar-refractivity contribution in [1.82, 2.24) is 4.57 Å². The minimum atomic E-state index is 0. The van der Waals surface area contributed by atoms with E-state index in [9.17, 15) is 0 Å². The topological polar surface area (TPSA) is 4.93 Å². The summed E-state index contributed by atoms with van der Waals surface area (Å²) in [6, 6.07) is 26.1. The Morgan fingerprint density at radius 3 is 1.97 bits per heavy atom.